The molecule has 0 aliphatic heterocycles. The maximum atomic E-state index is 14.1. The minimum atomic E-state index is -0.414. The molecule has 0 saturated heterocycles. The van der Waals surface area contributed by atoms with Gasteiger partial charge in [-0.15, -0.1) is 0 Å². The fraction of sp³-hybridized carbons (Fsp3) is 0.265. The summed E-state index contributed by atoms with van der Waals surface area (Å²) in [6.45, 7) is 1.94. The van der Waals surface area contributed by atoms with Crippen LogP contribution in [0.25, 0.3) is 0 Å². The highest BCUT2D eigenvalue weighted by Gasteiger charge is 2.54. The van der Waals surface area contributed by atoms with Gasteiger partial charge in [-0.25, -0.2) is 0 Å². The van der Waals surface area contributed by atoms with E-state index >= 15 is 0 Å². The highest BCUT2D eigenvalue weighted by Crippen LogP contribution is 2.62. The predicted molar refractivity (Wildman–Crippen MR) is 150 cm³/mol. The molecule has 0 aromatic heterocycles. The molecule has 3 aliphatic carbocycles. The number of methoxy groups -OCH3 is 1. The SMILES string of the molecule is COCCOCCOc1ccccc1C1C2c3ccccc3C(c3ccccc32)C1C(=O)Oc1ccccc1. The van der Waals surface area contributed by atoms with Crippen LogP contribution in [-0.2, 0) is 14.3 Å². The minimum Gasteiger partial charge on any atom is -0.491 e. The summed E-state index contributed by atoms with van der Waals surface area (Å²) in [5.74, 6) is 0.430. The van der Waals surface area contributed by atoms with E-state index in [1.54, 1.807) is 7.11 Å². The Morgan fingerprint density at radius 3 is 1.79 bits per heavy atom. The van der Waals surface area contributed by atoms with Gasteiger partial charge in [0.2, 0.25) is 0 Å². The average Bonchev–Trinajstić information content (AvgIpc) is 2.99. The third-order valence-electron chi connectivity index (χ3n) is 7.87. The van der Waals surface area contributed by atoms with Crippen LogP contribution < -0.4 is 9.47 Å². The van der Waals surface area contributed by atoms with Gasteiger partial charge in [0.15, 0.2) is 0 Å². The average molecular weight is 521 g/mol. The molecule has 4 aromatic rings. The van der Waals surface area contributed by atoms with Crippen molar-refractivity contribution in [3.8, 4) is 11.5 Å². The molecule has 5 heteroatoms. The van der Waals surface area contributed by atoms with Crippen molar-refractivity contribution in [1.29, 1.82) is 0 Å². The van der Waals surface area contributed by atoms with Crippen molar-refractivity contribution in [3.63, 3.8) is 0 Å². The number of fused-ring (bicyclic) bond motifs is 1. The van der Waals surface area contributed by atoms with E-state index in [0.717, 1.165) is 11.3 Å². The second-order valence-corrected chi connectivity index (χ2v) is 9.99. The maximum absolute atomic E-state index is 14.1. The standard InChI is InChI=1S/C34H32O5/c1-36-19-20-37-21-22-38-29-18-10-9-17-28(29)32-30-24-13-5-7-15-26(24)31(27-16-8-6-14-25(27)30)33(32)34(35)39-23-11-3-2-4-12-23/h2-18,30-33H,19-22H2,1H3. The first-order valence-electron chi connectivity index (χ1n) is 13.5. The zero-order valence-electron chi connectivity index (χ0n) is 22.0. The first-order valence-corrected chi connectivity index (χ1v) is 13.5. The van der Waals surface area contributed by atoms with Crippen molar-refractivity contribution in [3.05, 3.63) is 131 Å². The van der Waals surface area contributed by atoms with Gasteiger partial charge in [-0.1, -0.05) is 84.9 Å². The highest BCUT2D eigenvalue weighted by atomic mass is 16.5. The molecular weight excluding hydrogens is 488 g/mol. The maximum Gasteiger partial charge on any atom is 0.315 e. The van der Waals surface area contributed by atoms with Crippen LogP contribution in [0.3, 0.4) is 0 Å². The van der Waals surface area contributed by atoms with E-state index in [2.05, 4.69) is 54.6 Å². The van der Waals surface area contributed by atoms with E-state index in [1.165, 1.54) is 22.3 Å². The van der Waals surface area contributed by atoms with Gasteiger partial charge in [-0.2, -0.15) is 0 Å². The largest absolute Gasteiger partial charge is 0.491 e. The fourth-order valence-electron chi connectivity index (χ4n) is 6.35. The lowest BCUT2D eigenvalue weighted by molar-refractivity contribution is -0.141. The third-order valence-corrected chi connectivity index (χ3v) is 7.87. The number of hydrogen-bond acceptors (Lipinski definition) is 5. The van der Waals surface area contributed by atoms with E-state index in [4.69, 9.17) is 18.9 Å². The van der Waals surface area contributed by atoms with Crippen LogP contribution >= 0.6 is 0 Å². The predicted octanol–water partition coefficient (Wildman–Crippen LogP) is 6.32. The van der Waals surface area contributed by atoms with Gasteiger partial charge in [0.25, 0.3) is 0 Å². The normalized spacial score (nSPS) is 20.6. The molecule has 0 heterocycles. The Hall–Kier alpha value is -3.93. The van der Waals surface area contributed by atoms with Crippen LogP contribution in [0.15, 0.2) is 103 Å². The first-order chi connectivity index (χ1) is 19.3. The van der Waals surface area contributed by atoms with Crippen molar-refractivity contribution < 1.29 is 23.7 Å². The molecular formula is C34H32O5. The van der Waals surface area contributed by atoms with E-state index in [9.17, 15) is 4.79 Å². The van der Waals surface area contributed by atoms with Crippen molar-refractivity contribution in [1.82, 2.24) is 0 Å². The Morgan fingerprint density at radius 1 is 0.615 bits per heavy atom. The van der Waals surface area contributed by atoms with E-state index < -0.39 is 5.92 Å². The molecule has 0 fully saturated rings. The van der Waals surface area contributed by atoms with Crippen molar-refractivity contribution in [2.75, 3.05) is 33.5 Å². The number of hydrogen-bond donors (Lipinski definition) is 0. The number of carbonyl (C=O) groups is 1. The Kier molecular flexibility index (Phi) is 7.44. The van der Waals surface area contributed by atoms with Crippen LogP contribution in [0.1, 0.15) is 45.6 Å². The number of benzene rings is 4. The first kappa shape index (κ1) is 25.4. The van der Waals surface area contributed by atoms with Gasteiger partial charge in [-0.05, 0) is 46.0 Å². The van der Waals surface area contributed by atoms with E-state index in [0.29, 0.717) is 32.2 Å². The van der Waals surface area contributed by atoms with Crippen LogP contribution in [0.2, 0.25) is 0 Å². The van der Waals surface area contributed by atoms with E-state index in [1.807, 2.05) is 48.5 Å². The molecule has 4 aromatic carbocycles. The quantitative estimate of drug-likeness (QED) is 0.139. The summed E-state index contributed by atoms with van der Waals surface area (Å²) in [5.41, 5.74) is 5.97. The molecule has 0 amide bonds. The molecule has 2 unspecified atom stereocenters. The Labute approximate surface area is 229 Å². The molecule has 5 nitrogen and oxygen atoms in total. The summed E-state index contributed by atoms with van der Waals surface area (Å²) in [6.07, 6.45) is 0. The molecule has 198 valence electrons. The van der Waals surface area contributed by atoms with Gasteiger partial charge >= 0.3 is 5.97 Å². The van der Waals surface area contributed by atoms with Crippen LogP contribution in [-0.4, -0.2) is 39.5 Å². The molecule has 39 heavy (non-hydrogen) atoms. The smallest absolute Gasteiger partial charge is 0.315 e. The summed E-state index contributed by atoms with van der Waals surface area (Å²) in [5, 5.41) is 0. The van der Waals surface area contributed by atoms with Gasteiger partial charge < -0.3 is 18.9 Å². The number of para-hydroxylation sites is 2. The van der Waals surface area contributed by atoms with E-state index in [-0.39, 0.29) is 23.7 Å². The Balaban J connectivity index is 1.42. The van der Waals surface area contributed by atoms with Crippen LogP contribution in [0.5, 0.6) is 11.5 Å². The van der Waals surface area contributed by atoms with Crippen LogP contribution in [0.4, 0.5) is 0 Å². The second kappa shape index (κ2) is 11.4. The zero-order chi connectivity index (χ0) is 26.6. The second-order valence-electron chi connectivity index (χ2n) is 9.99. The molecule has 3 aliphatic rings. The zero-order valence-corrected chi connectivity index (χ0v) is 22.0. The van der Waals surface area contributed by atoms with Gasteiger partial charge in [0, 0.05) is 24.9 Å². The summed E-state index contributed by atoms with van der Waals surface area (Å²) in [7, 11) is 1.66. The summed E-state index contributed by atoms with van der Waals surface area (Å²) < 4.78 is 23.0. The molecule has 0 saturated carbocycles. The lowest BCUT2D eigenvalue weighted by Gasteiger charge is -2.50. The monoisotopic (exact) mass is 520 g/mol. The Morgan fingerprint density at radius 2 is 1.15 bits per heavy atom. The molecule has 2 atom stereocenters. The number of esters is 1. The summed E-state index contributed by atoms with van der Waals surface area (Å²) in [6, 6.07) is 34.5. The van der Waals surface area contributed by atoms with Crippen LogP contribution in [0, 0.1) is 5.92 Å². The molecule has 0 spiro atoms. The molecule has 7 rings (SSSR count). The number of rotatable bonds is 10. The van der Waals surface area contributed by atoms with Gasteiger partial charge in [0.05, 0.1) is 25.7 Å². The summed E-state index contributed by atoms with van der Waals surface area (Å²) >= 11 is 0. The number of ether oxygens (including phenoxy) is 4. The third kappa shape index (κ3) is 4.84. The summed E-state index contributed by atoms with van der Waals surface area (Å²) in [4.78, 5) is 14.1. The van der Waals surface area contributed by atoms with Crippen molar-refractivity contribution in [2.45, 2.75) is 17.8 Å². The molecule has 0 radical (unpaired) electrons. The number of carbonyl (C=O) groups excluding carboxylic acids is 1. The molecule has 2 bridgehead atoms. The van der Waals surface area contributed by atoms with Gasteiger partial charge in [-0.3, -0.25) is 4.79 Å². The fourth-order valence-corrected chi connectivity index (χ4v) is 6.35. The van der Waals surface area contributed by atoms with Gasteiger partial charge in [0.1, 0.15) is 18.1 Å². The minimum absolute atomic E-state index is 0.00146. The topological polar surface area (TPSA) is 54.0 Å². The lowest BCUT2D eigenvalue weighted by Crippen LogP contribution is -2.44. The molecule has 0 N–H and O–H groups in total. The van der Waals surface area contributed by atoms with Crippen molar-refractivity contribution >= 4 is 5.97 Å². The Bertz CT molecular complexity index is 1380. The lowest BCUT2D eigenvalue weighted by atomic mass is 9.53. The highest BCUT2D eigenvalue weighted by molar-refractivity contribution is 5.82. The van der Waals surface area contributed by atoms with Crippen molar-refractivity contribution in [2.24, 2.45) is 5.92 Å².